The molecule has 3 fully saturated rings. The van der Waals surface area contributed by atoms with Crippen molar-refractivity contribution < 1.29 is 14.7 Å². The Bertz CT molecular complexity index is 1360. The van der Waals surface area contributed by atoms with Gasteiger partial charge in [0.2, 0.25) is 5.91 Å². The maximum absolute atomic E-state index is 13.3. The number of carbonyl (C=O) groups is 2. The van der Waals surface area contributed by atoms with Crippen molar-refractivity contribution in [1.82, 2.24) is 9.80 Å². The predicted octanol–water partition coefficient (Wildman–Crippen LogP) is 6.15. The van der Waals surface area contributed by atoms with Crippen LogP contribution in [0.4, 0.5) is 5.69 Å². The molecule has 236 valence electrons. The van der Waals surface area contributed by atoms with Crippen molar-refractivity contribution in [2.24, 2.45) is 16.8 Å². The van der Waals surface area contributed by atoms with Gasteiger partial charge in [0.1, 0.15) is 5.84 Å². The smallest absolute Gasteiger partial charge is 0.278 e. The molecule has 0 unspecified atom stereocenters. The van der Waals surface area contributed by atoms with Crippen molar-refractivity contribution in [2.45, 2.75) is 103 Å². The third-order valence-electron chi connectivity index (χ3n) is 10.6. The van der Waals surface area contributed by atoms with Crippen molar-refractivity contribution in [3.8, 4) is 0 Å². The van der Waals surface area contributed by atoms with Gasteiger partial charge in [0.25, 0.3) is 5.91 Å². The largest absolute Gasteiger partial charge is 0.390 e. The van der Waals surface area contributed by atoms with Crippen LogP contribution in [0.2, 0.25) is 0 Å². The Morgan fingerprint density at radius 1 is 0.886 bits per heavy atom. The molecule has 0 atom stereocenters. The normalized spacial score (nSPS) is 24.5. The van der Waals surface area contributed by atoms with Gasteiger partial charge in [-0.1, -0.05) is 29.8 Å². The van der Waals surface area contributed by atoms with Crippen LogP contribution in [-0.2, 0) is 17.8 Å². The molecule has 0 bridgehead atoms. The molecule has 0 aromatic heterocycles. The Morgan fingerprint density at radius 2 is 1.57 bits per heavy atom. The lowest BCUT2D eigenvalue weighted by molar-refractivity contribution is -0.137. The highest BCUT2D eigenvalue weighted by atomic mass is 16.3. The summed E-state index contributed by atoms with van der Waals surface area (Å²) >= 11 is 0. The lowest BCUT2D eigenvalue weighted by Gasteiger charge is -2.38. The van der Waals surface area contributed by atoms with Crippen LogP contribution in [0.25, 0.3) is 0 Å². The highest BCUT2D eigenvalue weighted by Gasteiger charge is 2.37. The van der Waals surface area contributed by atoms with E-state index in [1.807, 2.05) is 45.0 Å². The van der Waals surface area contributed by atoms with E-state index < -0.39 is 5.60 Å². The maximum atomic E-state index is 13.3. The number of fused-ring (bicyclic) bond motifs is 1. The maximum Gasteiger partial charge on any atom is 0.278 e. The second-order valence-corrected chi connectivity index (χ2v) is 14.3. The fourth-order valence-electron chi connectivity index (χ4n) is 7.86. The van der Waals surface area contributed by atoms with E-state index in [-0.39, 0.29) is 17.9 Å². The minimum atomic E-state index is -0.622. The van der Waals surface area contributed by atoms with Gasteiger partial charge >= 0.3 is 0 Å². The summed E-state index contributed by atoms with van der Waals surface area (Å²) in [6.07, 6.45) is 9.79. The fourth-order valence-corrected chi connectivity index (χ4v) is 7.86. The Labute approximate surface area is 263 Å². The number of amides is 2. The molecule has 2 aromatic rings. The van der Waals surface area contributed by atoms with Gasteiger partial charge in [0.05, 0.1) is 5.60 Å². The van der Waals surface area contributed by atoms with Crippen LogP contribution >= 0.6 is 0 Å². The topological polar surface area (TPSA) is 76.5 Å². The summed E-state index contributed by atoms with van der Waals surface area (Å²) in [4.78, 5) is 38.3. The van der Waals surface area contributed by atoms with Crippen molar-refractivity contribution >= 4 is 23.3 Å². The average molecular weight is 599 g/mol. The molecule has 1 N–H and O–H groups in total. The molecule has 3 aliphatic heterocycles. The van der Waals surface area contributed by atoms with Gasteiger partial charge in [0.15, 0.2) is 0 Å². The van der Waals surface area contributed by atoms with Crippen LogP contribution in [0.5, 0.6) is 0 Å². The SMILES string of the molecule is Cc1ccc(C(=O)N=C2Cc3ccc(CN4CCC(C(C)(C)O)CC4)cc3N2C2CCC(C(=O)N3CCCCC3)CC2)cc1. The van der Waals surface area contributed by atoms with Gasteiger partial charge in [-0.2, -0.15) is 4.99 Å². The summed E-state index contributed by atoms with van der Waals surface area (Å²) in [5.74, 6) is 1.44. The number of aliphatic imine (C=N–C) groups is 1. The molecule has 6 rings (SSSR count). The summed E-state index contributed by atoms with van der Waals surface area (Å²) in [7, 11) is 0. The molecule has 3 heterocycles. The molecule has 0 spiro atoms. The highest BCUT2D eigenvalue weighted by Crippen LogP contribution is 2.39. The molecular weight excluding hydrogens is 548 g/mol. The monoisotopic (exact) mass is 598 g/mol. The molecule has 2 saturated heterocycles. The lowest BCUT2D eigenvalue weighted by Crippen LogP contribution is -2.45. The van der Waals surface area contributed by atoms with Gasteiger partial charge < -0.3 is 14.9 Å². The number of likely N-dealkylation sites (tertiary alicyclic amines) is 2. The molecule has 0 radical (unpaired) electrons. The minimum absolute atomic E-state index is 0.110. The molecule has 2 aromatic carbocycles. The predicted molar refractivity (Wildman–Crippen MR) is 176 cm³/mol. The van der Waals surface area contributed by atoms with E-state index in [9.17, 15) is 14.7 Å². The number of benzene rings is 2. The Hall–Kier alpha value is -3.03. The van der Waals surface area contributed by atoms with Gasteiger partial charge in [-0.15, -0.1) is 0 Å². The van der Waals surface area contributed by atoms with Crippen LogP contribution in [0.3, 0.4) is 0 Å². The van der Waals surface area contributed by atoms with E-state index in [2.05, 4.69) is 32.9 Å². The second kappa shape index (κ2) is 13.1. The standard InChI is InChI=1S/C37H50N4O3/c1-26-7-10-28(11-8-26)35(42)38-34-24-30-12-9-27(25-39-21-17-31(18-22-39)37(2,3)44)23-33(30)41(34)32-15-13-29(14-16-32)36(43)40-19-5-4-6-20-40/h7-12,23,29,31-32,44H,4-6,13-22,24-25H2,1-3H3. The molecular formula is C37H50N4O3. The molecule has 1 aliphatic carbocycles. The van der Waals surface area contributed by atoms with E-state index in [1.165, 1.54) is 23.2 Å². The number of piperidine rings is 2. The van der Waals surface area contributed by atoms with Crippen molar-refractivity contribution in [1.29, 1.82) is 0 Å². The molecule has 7 nitrogen and oxygen atoms in total. The van der Waals surface area contributed by atoms with Crippen molar-refractivity contribution in [3.05, 3.63) is 64.7 Å². The summed E-state index contributed by atoms with van der Waals surface area (Å²) < 4.78 is 0. The van der Waals surface area contributed by atoms with Crippen LogP contribution in [-0.4, -0.2) is 70.4 Å². The van der Waals surface area contributed by atoms with Gasteiger partial charge in [-0.3, -0.25) is 14.5 Å². The second-order valence-electron chi connectivity index (χ2n) is 14.3. The first-order valence-electron chi connectivity index (χ1n) is 17.0. The Morgan fingerprint density at radius 3 is 2.23 bits per heavy atom. The third-order valence-corrected chi connectivity index (χ3v) is 10.6. The number of hydrogen-bond donors (Lipinski definition) is 1. The zero-order valence-corrected chi connectivity index (χ0v) is 26.9. The average Bonchev–Trinajstić information content (AvgIpc) is 3.38. The van der Waals surface area contributed by atoms with Gasteiger partial charge in [0, 0.05) is 49.3 Å². The van der Waals surface area contributed by atoms with Gasteiger partial charge in [-0.25, -0.2) is 0 Å². The zero-order chi connectivity index (χ0) is 30.8. The quantitative estimate of drug-likeness (QED) is 0.432. The number of anilines is 1. The summed E-state index contributed by atoms with van der Waals surface area (Å²) in [6, 6.07) is 14.7. The Balaban J connectivity index is 1.20. The lowest BCUT2D eigenvalue weighted by atomic mass is 9.83. The first-order valence-corrected chi connectivity index (χ1v) is 17.0. The van der Waals surface area contributed by atoms with Gasteiger partial charge in [-0.05, 0) is 127 Å². The number of amidine groups is 1. The summed E-state index contributed by atoms with van der Waals surface area (Å²) in [5.41, 5.74) is 4.78. The third kappa shape index (κ3) is 6.94. The van der Waals surface area contributed by atoms with Crippen molar-refractivity contribution in [3.63, 3.8) is 0 Å². The number of aryl methyl sites for hydroxylation is 1. The summed E-state index contributed by atoms with van der Waals surface area (Å²) in [6.45, 7) is 10.6. The molecule has 1 saturated carbocycles. The van der Waals surface area contributed by atoms with Crippen LogP contribution in [0.1, 0.15) is 98.7 Å². The van der Waals surface area contributed by atoms with Crippen molar-refractivity contribution in [2.75, 3.05) is 31.1 Å². The molecule has 44 heavy (non-hydrogen) atoms. The highest BCUT2D eigenvalue weighted by molar-refractivity contribution is 6.12. The van der Waals surface area contributed by atoms with E-state index in [4.69, 9.17) is 4.99 Å². The van der Waals surface area contributed by atoms with Crippen LogP contribution in [0, 0.1) is 18.8 Å². The van der Waals surface area contributed by atoms with Crippen LogP contribution < -0.4 is 4.90 Å². The minimum Gasteiger partial charge on any atom is -0.390 e. The zero-order valence-electron chi connectivity index (χ0n) is 26.9. The number of carbonyl (C=O) groups excluding carboxylic acids is 2. The van der Waals surface area contributed by atoms with E-state index in [0.717, 1.165) is 95.5 Å². The molecule has 2 amide bonds. The number of nitrogens with zero attached hydrogens (tertiary/aromatic N) is 4. The van der Waals surface area contributed by atoms with E-state index in [0.29, 0.717) is 23.8 Å². The Kier molecular flexibility index (Phi) is 9.25. The van der Waals surface area contributed by atoms with E-state index in [1.54, 1.807) is 0 Å². The molecule has 7 heteroatoms. The number of aliphatic hydroxyl groups is 1. The summed E-state index contributed by atoms with van der Waals surface area (Å²) in [5, 5.41) is 10.5. The van der Waals surface area contributed by atoms with Crippen LogP contribution in [0.15, 0.2) is 47.5 Å². The molecule has 4 aliphatic rings. The first kappa shape index (κ1) is 31.0. The van der Waals surface area contributed by atoms with E-state index >= 15 is 0 Å². The number of rotatable bonds is 6. The number of hydrogen-bond acceptors (Lipinski definition) is 4. The fraction of sp³-hybridized carbons (Fsp3) is 0.595. The first-order chi connectivity index (χ1) is 21.2.